The molecule has 0 unspecified atom stereocenters. The van der Waals surface area contributed by atoms with Gasteiger partial charge in [0.15, 0.2) is 5.78 Å². The molecule has 1 heterocycles. The number of benzene rings is 1. The van der Waals surface area contributed by atoms with E-state index in [1.807, 2.05) is 0 Å². The minimum absolute atomic E-state index is 0.0200. The lowest BCUT2D eigenvalue weighted by Gasteiger charge is -2.17. The fraction of sp³-hybridized carbons (Fsp3) is 0.182. The summed E-state index contributed by atoms with van der Waals surface area (Å²) < 4.78 is 13.3. The summed E-state index contributed by atoms with van der Waals surface area (Å²) >= 11 is 2.92. The molecular weight excluding hydrogens is 309 g/mol. The van der Waals surface area contributed by atoms with Gasteiger partial charge in [0.2, 0.25) is 5.91 Å². The van der Waals surface area contributed by atoms with Crippen LogP contribution in [0.25, 0.3) is 0 Å². The zero-order chi connectivity index (χ0) is 13.4. The number of hydrogen-bond acceptors (Lipinski definition) is 3. The molecule has 0 atom stereocenters. The summed E-state index contributed by atoms with van der Waals surface area (Å²) in [6.07, 6.45) is -0.256. The van der Waals surface area contributed by atoms with Gasteiger partial charge < -0.3 is 10.0 Å². The van der Waals surface area contributed by atoms with Crippen molar-refractivity contribution in [1.82, 2.24) is 0 Å². The van der Waals surface area contributed by atoms with Gasteiger partial charge >= 0.3 is 5.97 Å². The molecule has 0 radical (unpaired) electrons. The van der Waals surface area contributed by atoms with Gasteiger partial charge in [0, 0.05) is 0 Å². The Bertz CT molecular complexity index is 572. The molecule has 0 spiro atoms. The van der Waals surface area contributed by atoms with Crippen molar-refractivity contribution in [2.24, 2.45) is 0 Å². The zero-order valence-corrected chi connectivity index (χ0v) is 10.5. The number of anilines is 1. The van der Waals surface area contributed by atoms with E-state index < -0.39 is 17.7 Å². The van der Waals surface area contributed by atoms with Crippen molar-refractivity contribution in [3.63, 3.8) is 0 Å². The van der Waals surface area contributed by atoms with Crippen molar-refractivity contribution < 1.29 is 23.9 Å². The predicted octanol–water partition coefficient (Wildman–Crippen LogP) is 1.59. The first-order valence-electron chi connectivity index (χ1n) is 4.94. The smallest absolute Gasteiger partial charge is 0.337 e. The maximum atomic E-state index is 13.3. The molecule has 1 aliphatic rings. The Morgan fingerprint density at radius 1 is 1.39 bits per heavy atom. The number of hydrogen-bond donors (Lipinski definition) is 1. The summed E-state index contributed by atoms with van der Waals surface area (Å²) in [6, 6.07) is 2.01. The Balaban J connectivity index is 2.56. The van der Waals surface area contributed by atoms with Gasteiger partial charge in [0.25, 0.3) is 0 Å². The molecule has 0 saturated carbocycles. The van der Waals surface area contributed by atoms with Crippen LogP contribution in [0.1, 0.15) is 16.8 Å². The maximum absolute atomic E-state index is 13.3. The van der Waals surface area contributed by atoms with E-state index >= 15 is 0 Å². The number of carbonyl (C=O) groups excluding carboxylic acids is 2. The van der Waals surface area contributed by atoms with E-state index in [0.717, 1.165) is 11.0 Å². The number of ketones is 1. The normalized spacial score (nSPS) is 15.3. The molecule has 18 heavy (non-hydrogen) atoms. The van der Waals surface area contributed by atoms with E-state index in [9.17, 15) is 18.8 Å². The summed E-state index contributed by atoms with van der Waals surface area (Å²) in [4.78, 5) is 34.8. The largest absolute Gasteiger partial charge is 0.478 e. The third-order valence-electron chi connectivity index (χ3n) is 2.54. The quantitative estimate of drug-likeness (QED) is 0.841. The van der Waals surface area contributed by atoms with Crippen molar-refractivity contribution >= 4 is 39.3 Å². The highest BCUT2D eigenvalue weighted by atomic mass is 79.9. The number of aromatic carboxylic acids is 1. The summed E-state index contributed by atoms with van der Waals surface area (Å²) in [6.45, 7) is -0.183. The first-order chi connectivity index (χ1) is 8.40. The number of rotatable bonds is 2. The van der Waals surface area contributed by atoms with Crippen LogP contribution in [0, 0.1) is 5.82 Å². The lowest BCUT2D eigenvalue weighted by molar-refractivity contribution is -0.121. The molecule has 0 bridgehead atoms. The van der Waals surface area contributed by atoms with Gasteiger partial charge in [0.1, 0.15) is 5.82 Å². The second kappa shape index (κ2) is 4.49. The van der Waals surface area contributed by atoms with E-state index in [-0.39, 0.29) is 34.5 Å². The Morgan fingerprint density at radius 2 is 2.06 bits per heavy atom. The Labute approximate surface area is 109 Å². The summed E-state index contributed by atoms with van der Waals surface area (Å²) in [7, 11) is 0. The number of amides is 1. The first-order valence-corrected chi connectivity index (χ1v) is 5.74. The van der Waals surface area contributed by atoms with Gasteiger partial charge in [-0.05, 0) is 28.1 Å². The van der Waals surface area contributed by atoms with Crippen LogP contribution in [0.5, 0.6) is 0 Å². The first kappa shape index (κ1) is 12.7. The van der Waals surface area contributed by atoms with Gasteiger partial charge in [-0.1, -0.05) is 0 Å². The molecule has 1 amide bonds. The number of carboxylic acids is 1. The summed E-state index contributed by atoms with van der Waals surface area (Å²) in [5, 5.41) is 8.99. The summed E-state index contributed by atoms with van der Waals surface area (Å²) in [5.74, 6) is -2.88. The fourth-order valence-electron chi connectivity index (χ4n) is 1.74. The molecule has 1 aliphatic heterocycles. The van der Waals surface area contributed by atoms with Crippen LogP contribution in [-0.2, 0) is 9.59 Å². The second-order valence-electron chi connectivity index (χ2n) is 3.78. The number of nitrogens with zero attached hydrogens (tertiary/aromatic N) is 1. The fourth-order valence-corrected chi connectivity index (χ4v) is 2.07. The van der Waals surface area contributed by atoms with Crippen molar-refractivity contribution in [3.8, 4) is 0 Å². The Morgan fingerprint density at radius 3 is 2.56 bits per heavy atom. The Kier molecular flexibility index (Phi) is 3.16. The highest BCUT2D eigenvalue weighted by Gasteiger charge is 2.31. The zero-order valence-electron chi connectivity index (χ0n) is 8.94. The summed E-state index contributed by atoms with van der Waals surface area (Å²) in [5.41, 5.74) is -0.328. The van der Waals surface area contributed by atoms with Crippen molar-refractivity contribution in [3.05, 3.63) is 28.0 Å². The molecule has 94 valence electrons. The topological polar surface area (TPSA) is 74.7 Å². The molecule has 5 nitrogen and oxygen atoms in total. The second-order valence-corrected chi connectivity index (χ2v) is 4.64. The molecule has 1 saturated heterocycles. The molecule has 0 aromatic heterocycles. The highest BCUT2D eigenvalue weighted by molar-refractivity contribution is 9.10. The van der Waals surface area contributed by atoms with Crippen LogP contribution < -0.4 is 4.90 Å². The van der Waals surface area contributed by atoms with Crippen molar-refractivity contribution in [2.45, 2.75) is 6.42 Å². The van der Waals surface area contributed by atoms with Crippen LogP contribution in [-0.4, -0.2) is 29.3 Å². The van der Waals surface area contributed by atoms with Gasteiger partial charge in [-0.2, -0.15) is 0 Å². The lowest BCUT2D eigenvalue weighted by Crippen LogP contribution is -2.26. The van der Waals surface area contributed by atoms with Gasteiger partial charge in [0.05, 0.1) is 28.7 Å². The molecule has 1 aromatic carbocycles. The van der Waals surface area contributed by atoms with Crippen molar-refractivity contribution in [2.75, 3.05) is 11.4 Å². The highest BCUT2D eigenvalue weighted by Crippen LogP contribution is 2.30. The monoisotopic (exact) mass is 315 g/mol. The van der Waals surface area contributed by atoms with E-state index in [2.05, 4.69) is 15.9 Å². The molecule has 1 fully saturated rings. The minimum Gasteiger partial charge on any atom is -0.478 e. The molecule has 2 rings (SSSR count). The number of halogens is 2. The van der Waals surface area contributed by atoms with Crippen LogP contribution in [0.2, 0.25) is 0 Å². The average molecular weight is 316 g/mol. The van der Waals surface area contributed by atoms with E-state index in [1.165, 1.54) is 6.07 Å². The molecule has 1 aromatic rings. The van der Waals surface area contributed by atoms with E-state index in [1.54, 1.807) is 0 Å². The predicted molar refractivity (Wildman–Crippen MR) is 63.0 cm³/mol. The van der Waals surface area contributed by atoms with Gasteiger partial charge in [-0.3, -0.25) is 9.59 Å². The number of carbonyl (C=O) groups is 3. The van der Waals surface area contributed by atoms with E-state index in [4.69, 9.17) is 5.11 Å². The van der Waals surface area contributed by atoms with Crippen LogP contribution in [0.15, 0.2) is 16.6 Å². The maximum Gasteiger partial charge on any atom is 0.337 e. The SMILES string of the molecule is O=C1CC(=O)N(c2cc(Br)c(F)cc2C(=O)O)C1. The number of Topliss-reactive ketones (excluding diaryl/α,β-unsaturated/α-hetero) is 1. The minimum atomic E-state index is -1.36. The van der Waals surface area contributed by atoms with E-state index in [0.29, 0.717) is 0 Å². The third-order valence-corrected chi connectivity index (χ3v) is 3.15. The van der Waals surface area contributed by atoms with Crippen LogP contribution in [0.3, 0.4) is 0 Å². The van der Waals surface area contributed by atoms with Crippen molar-refractivity contribution in [1.29, 1.82) is 0 Å². The molecule has 7 heteroatoms. The molecular formula is C11H7BrFNO4. The lowest BCUT2D eigenvalue weighted by atomic mass is 10.1. The Hall–Kier alpha value is -1.76. The van der Waals surface area contributed by atoms with Gasteiger partial charge in [-0.15, -0.1) is 0 Å². The molecule has 1 N–H and O–H groups in total. The van der Waals surface area contributed by atoms with Crippen LogP contribution in [0.4, 0.5) is 10.1 Å². The van der Waals surface area contributed by atoms with Gasteiger partial charge in [-0.25, -0.2) is 9.18 Å². The number of carboxylic acid groups (broad SMARTS) is 1. The molecule has 0 aliphatic carbocycles. The van der Waals surface area contributed by atoms with Crippen LogP contribution >= 0.6 is 15.9 Å². The third kappa shape index (κ3) is 2.13. The average Bonchev–Trinajstić information content (AvgIpc) is 2.61. The standard InChI is InChI=1S/C11H7BrFNO4/c12-7-3-9(6(11(17)18)2-8(7)13)14-4-5(15)1-10(14)16/h2-3H,1,4H2,(H,17,18).